The third-order valence-electron chi connectivity index (χ3n) is 2.25. The molecule has 80 valence electrons. The van der Waals surface area contributed by atoms with Crippen molar-refractivity contribution in [3.63, 3.8) is 0 Å². The number of aromatic nitrogens is 2. The van der Waals surface area contributed by atoms with Crippen LogP contribution in [0.4, 0.5) is 5.82 Å². The van der Waals surface area contributed by atoms with Crippen molar-refractivity contribution in [1.29, 1.82) is 5.41 Å². The molecule has 0 aliphatic carbocycles. The van der Waals surface area contributed by atoms with Crippen molar-refractivity contribution in [2.75, 3.05) is 29.5 Å². The SMILES string of the molecule is N=C(N)c1cnc(N2CCSCC2)cn1. The van der Waals surface area contributed by atoms with Gasteiger partial charge in [-0.2, -0.15) is 11.8 Å². The maximum atomic E-state index is 7.21. The molecule has 1 saturated heterocycles. The summed E-state index contributed by atoms with van der Waals surface area (Å²) in [7, 11) is 0. The van der Waals surface area contributed by atoms with E-state index in [9.17, 15) is 0 Å². The molecule has 6 heteroatoms. The number of hydrogen-bond donors (Lipinski definition) is 2. The first-order valence-corrected chi connectivity index (χ1v) is 5.92. The summed E-state index contributed by atoms with van der Waals surface area (Å²) in [6.45, 7) is 2.03. The molecule has 3 N–H and O–H groups in total. The van der Waals surface area contributed by atoms with Crippen LogP contribution in [0.25, 0.3) is 0 Å². The molecule has 0 saturated carbocycles. The predicted octanol–water partition coefficient (Wildman–Crippen LogP) is 0.314. The number of thioether (sulfide) groups is 1. The molecular formula is C9H13N5S. The lowest BCUT2D eigenvalue weighted by Crippen LogP contribution is -2.33. The van der Waals surface area contributed by atoms with E-state index in [-0.39, 0.29) is 5.84 Å². The number of amidine groups is 1. The quantitative estimate of drug-likeness (QED) is 0.557. The van der Waals surface area contributed by atoms with Gasteiger partial charge in [0.25, 0.3) is 0 Å². The third kappa shape index (κ3) is 2.38. The van der Waals surface area contributed by atoms with Gasteiger partial charge in [0.2, 0.25) is 0 Å². The molecule has 0 aromatic carbocycles. The summed E-state index contributed by atoms with van der Waals surface area (Å²) in [6, 6.07) is 0. The van der Waals surface area contributed by atoms with E-state index in [1.807, 2.05) is 11.8 Å². The lowest BCUT2D eigenvalue weighted by Gasteiger charge is -2.26. The fourth-order valence-electron chi connectivity index (χ4n) is 1.42. The topological polar surface area (TPSA) is 78.9 Å². The van der Waals surface area contributed by atoms with Crippen molar-refractivity contribution in [3.05, 3.63) is 18.1 Å². The van der Waals surface area contributed by atoms with Gasteiger partial charge in [-0.15, -0.1) is 0 Å². The van der Waals surface area contributed by atoms with Crippen LogP contribution in [0.1, 0.15) is 5.69 Å². The average Bonchev–Trinajstić information content (AvgIpc) is 2.30. The minimum atomic E-state index is -0.0387. The van der Waals surface area contributed by atoms with Gasteiger partial charge in [0.1, 0.15) is 17.3 Å². The number of nitrogen functional groups attached to an aromatic ring is 1. The zero-order valence-corrected chi connectivity index (χ0v) is 9.13. The number of hydrogen-bond acceptors (Lipinski definition) is 5. The van der Waals surface area contributed by atoms with Crippen LogP contribution in [0.2, 0.25) is 0 Å². The van der Waals surface area contributed by atoms with E-state index in [4.69, 9.17) is 11.1 Å². The first-order chi connectivity index (χ1) is 7.27. The lowest BCUT2D eigenvalue weighted by molar-refractivity contribution is 0.833. The Hall–Kier alpha value is -1.30. The van der Waals surface area contributed by atoms with Gasteiger partial charge in [0.15, 0.2) is 0 Å². The Morgan fingerprint density at radius 1 is 1.33 bits per heavy atom. The summed E-state index contributed by atoms with van der Waals surface area (Å²) in [5, 5.41) is 7.21. The molecule has 0 spiro atoms. The van der Waals surface area contributed by atoms with E-state index in [1.54, 1.807) is 12.4 Å². The zero-order chi connectivity index (χ0) is 10.7. The number of nitrogens with two attached hydrogens (primary N) is 1. The Morgan fingerprint density at radius 3 is 2.60 bits per heavy atom. The monoisotopic (exact) mass is 223 g/mol. The summed E-state index contributed by atoms with van der Waals surface area (Å²) in [5.74, 6) is 3.11. The van der Waals surface area contributed by atoms with Crippen molar-refractivity contribution in [1.82, 2.24) is 9.97 Å². The Balaban J connectivity index is 2.11. The summed E-state index contributed by atoms with van der Waals surface area (Å²) in [4.78, 5) is 10.6. The number of nitrogens with zero attached hydrogens (tertiary/aromatic N) is 3. The minimum Gasteiger partial charge on any atom is -0.382 e. The highest BCUT2D eigenvalue weighted by Crippen LogP contribution is 2.15. The van der Waals surface area contributed by atoms with E-state index >= 15 is 0 Å². The second-order valence-corrected chi connectivity index (χ2v) is 4.50. The smallest absolute Gasteiger partial charge is 0.147 e. The zero-order valence-electron chi connectivity index (χ0n) is 8.31. The Kier molecular flexibility index (Phi) is 3.05. The molecule has 0 atom stereocenters. The molecule has 5 nitrogen and oxygen atoms in total. The van der Waals surface area contributed by atoms with Gasteiger partial charge in [-0.3, -0.25) is 5.41 Å². The molecule has 0 bridgehead atoms. The van der Waals surface area contributed by atoms with E-state index in [0.717, 1.165) is 30.4 Å². The Bertz CT molecular complexity index is 344. The number of anilines is 1. The Labute approximate surface area is 92.6 Å². The van der Waals surface area contributed by atoms with Crippen molar-refractivity contribution in [2.45, 2.75) is 0 Å². The molecular weight excluding hydrogens is 210 g/mol. The molecule has 0 unspecified atom stereocenters. The molecule has 0 radical (unpaired) electrons. The van der Waals surface area contributed by atoms with Gasteiger partial charge < -0.3 is 10.6 Å². The molecule has 1 aliphatic heterocycles. The molecule has 1 aromatic rings. The fourth-order valence-corrected chi connectivity index (χ4v) is 2.32. The largest absolute Gasteiger partial charge is 0.382 e. The maximum absolute atomic E-state index is 7.21. The van der Waals surface area contributed by atoms with Gasteiger partial charge in [-0.25, -0.2) is 9.97 Å². The van der Waals surface area contributed by atoms with Crippen LogP contribution in [0.15, 0.2) is 12.4 Å². The predicted molar refractivity (Wildman–Crippen MR) is 62.6 cm³/mol. The summed E-state index contributed by atoms with van der Waals surface area (Å²) < 4.78 is 0. The van der Waals surface area contributed by atoms with Crippen LogP contribution in [0, 0.1) is 5.41 Å². The van der Waals surface area contributed by atoms with Crippen molar-refractivity contribution in [2.24, 2.45) is 5.73 Å². The fraction of sp³-hybridized carbons (Fsp3) is 0.444. The van der Waals surface area contributed by atoms with Crippen LogP contribution in [-0.4, -0.2) is 40.4 Å². The van der Waals surface area contributed by atoms with Crippen LogP contribution >= 0.6 is 11.8 Å². The maximum Gasteiger partial charge on any atom is 0.147 e. The number of nitrogens with one attached hydrogen (secondary N) is 1. The normalized spacial score (nSPS) is 16.4. The van der Waals surface area contributed by atoms with E-state index in [2.05, 4.69) is 14.9 Å². The molecule has 0 amide bonds. The molecule has 1 aromatic heterocycles. The van der Waals surface area contributed by atoms with Crippen LogP contribution in [-0.2, 0) is 0 Å². The highest BCUT2D eigenvalue weighted by atomic mass is 32.2. The number of rotatable bonds is 2. The van der Waals surface area contributed by atoms with Crippen molar-refractivity contribution in [3.8, 4) is 0 Å². The van der Waals surface area contributed by atoms with Gasteiger partial charge in [-0.1, -0.05) is 0 Å². The minimum absolute atomic E-state index is 0.0387. The highest BCUT2D eigenvalue weighted by molar-refractivity contribution is 7.99. The molecule has 2 heterocycles. The second kappa shape index (κ2) is 4.48. The molecule has 2 rings (SSSR count). The molecule has 1 fully saturated rings. The lowest BCUT2D eigenvalue weighted by atomic mass is 10.4. The van der Waals surface area contributed by atoms with Crippen LogP contribution in [0.3, 0.4) is 0 Å². The summed E-state index contributed by atoms with van der Waals surface area (Å²) >= 11 is 1.96. The second-order valence-electron chi connectivity index (χ2n) is 3.27. The van der Waals surface area contributed by atoms with E-state index in [1.165, 1.54) is 0 Å². The van der Waals surface area contributed by atoms with Gasteiger partial charge in [-0.05, 0) is 0 Å². The summed E-state index contributed by atoms with van der Waals surface area (Å²) in [6.07, 6.45) is 3.24. The van der Waals surface area contributed by atoms with E-state index < -0.39 is 0 Å². The Morgan fingerprint density at radius 2 is 2.07 bits per heavy atom. The standard InChI is InChI=1S/C9H13N5S/c10-9(11)7-5-13-8(6-12-7)14-1-3-15-4-2-14/h5-6H,1-4H2,(H3,10,11). The highest BCUT2D eigenvalue weighted by Gasteiger charge is 2.12. The van der Waals surface area contributed by atoms with Gasteiger partial charge in [0, 0.05) is 24.6 Å². The van der Waals surface area contributed by atoms with Crippen LogP contribution in [0.5, 0.6) is 0 Å². The molecule has 15 heavy (non-hydrogen) atoms. The molecule has 1 aliphatic rings. The first kappa shape index (κ1) is 10.2. The van der Waals surface area contributed by atoms with Crippen molar-refractivity contribution < 1.29 is 0 Å². The van der Waals surface area contributed by atoms with Gasteiger partial charge >= 0.3 is 0 Å². The first-order valence-electron chi connectivity index (χ1n) is 4.76. The average molecular weight is 223 g/mol. The van der Waals surface area contributed by atoms with Crippen LogP contribution < -0.4 is 10.6 Å². The summed E-state index contributed by atoms with van der Waals surface area (Å²) in [5.41, 5.74) is 5.74. The van der Waals surface area contributed by atoms with Crippen molar-refractivity contribution >= 4 is 23.4 Å². The van der Waals surface area contributed by atoms with Gasteiger partial charge in [0.05, 0.1) is 12.4 Å². The third-order valence-corrected chi connectivity index (χ3v) is 3.19. The van der Waals surface area contributed by atoms with E-state index in [0.29, 0.717) is 5.69 Å².